The van der Waals surface area contributed by atoms with Crippen LogP contribution in [0.5, 0.6) is 0 Å². The number of hydrogen-bond donors (Lipinski definition) is 0. The van der Waals surface area contributed by atoms with Gasteiger partial charge in [-0.2, -0.15) is 0 Å². The molecule has 0 aromatic heterocycles. The molecule has 0 aromatic rings. The summed E-state index contributed by atoms with van der Waals surface area (Å²) in [5.41, 5.74) is 0. The van der Waals surface area contributed by atoms with E-state index in [4.69, 9.17) is 9.47 Å². The third kappa shape index (κ3) is 3.78. The molecule has 2 nitrogen and oxygen atoms in total. The van der Waals surface area contributed by atoms with E-state index in [0.29, 0.717) is 0 Å². The van der Waals surface area contributed by atoms with Crippen LogP contribution in [-0.2, 0) is 9.47 Å². The Morgan fingerprint density at radius 3 is 2.10 bits per heavy atom. The van der Waals surface area contributed by atoms with Crippen LogP contribution >= 0.6 is 0 Å². The summed E-state index contributed by atoms with van der Waals surface area (Å²) in [7, 11) is 3.37. The standard InChI is InChI=1S/C7H15O2.Sn/c1-5-6-7(2,8-3)9-4;/h1,5-6H2,2-4H3;. The Hall–Kier alpha value is 0.719. The van der Waals surface area contributed by atoms with Crippen LogP contribution in [0.2, 0.25) is 4.44 Å². The normalized spacial score (nSPS) is 12.0. The zero-order chi connectivity index (χ0) is 8.04. The fourth-order valence-corrected chi connectivity index (χ4v) is 1.20. The van der Waals surface area contributed by atoms with Crippen LogP contribution in [-0.4, -0.2) is 42.5 Å². The second-order valence-electron chi connectivity index (χ2n) is 2.40. The molecular weight excluding hydrogens is 235 g/mol. The Kier molecular flexibility index (Phi) is 5.77. The quantitative estimate of drug-likeness (QED) is 0.541. The Morgan fingerprint density at radius 1 is 1.30 bits per heavy atom. The second kappa shape index (κ2) is 5.38. The van der Waals surface area contributed by atoms with Crippen molar-refractivity contribution in [2.75, 3.05) is 14.2 Å². The molecule has 0 spiro atoms. The van der Waals surface area contributed by atoms with Gasteiger partial charge in [0.1, 0.15) is 0 Å². The molecule has 10 heavy (non-hydrogen) atoms. The maximum atomic E-state index is 5.18. The van der Waals surface area contributed by atoms with Crippen molar-refractivity contribution >= 4 is 22.5 Å². The predicted octanol–water partition coefficient (Wildman–Crippen LogP) is 1.36. The van der Waals surface area contributed by atoms with E-state index < -0.39 is 0 Å². The van der Waals surface area contributed by atoms with Gasteiger partial charge in [0.05, 0.1) is 0 Å². The molecule has 0 amide bonds. The van der Waals surface area contributed by atoms with Gasteiger partial charge >= 0.3 is 76.2 Å². The third-order valence-electron chi connectivity index (χ3n) is 1.67. The van der Waals surface area contributed by atoms with Crippen molar-refractivity contribution in [1.82, 2.24) is 0 Å². The fourth-order valence-electron chi connectivity index (χ4n) is 0.697. The van der Waals surface area contributed by atoms with Gasteiger partial charge in [0.15, 0.2) is 0 Å². The van der Waals surface area contributed by atoms with E-state index in [-0.39, 0.29) is 5.79 Å². The predicted molar refractivity (Wildman–Crippen MR) is 42.2 cm³/mol. The van der Waals surface area contributed by atoms with Gasteiger partial charge in [-0.05, 0) is 0 Å². The van der Waals surface area contributed by atoms with Crippen LogP contribution in [0.25, 0.3) is 0 Å². The van der Waals surface area contributed by atoms with Gasteiger partial charge in [-0.3, -0.25) is 0 Å². The van der Waals surface area contributed by atoms with Crippen molar-refractivity contribution in [2.24, 2.45) is 0 Å². The van der Waals surface area contributed by atoms with Crippen LogP contribution in [0.1, 0.15) is 19.8 Å². The first-order chi connectivity index (χ1) is 4.68. The molecule has 3 radical (unpaired) electrons. The molecule has 0 aliphatic rings. The zero-order valence-electron chi connectivity index (χ0n) is 6.94. The number of hydrogen-bond acceptors (Lipinski definition) is 2. The number of ether oxygens (including phenoxy) is 2. The molecule has 0 atom stereocenters. The molecule has 0 rings (SSSR count). The summed E-state index contributed by atoms with van der Waals surface area (Å²) in [6.45, 7) is 1.97. The van der Waals surface area contributed by atoms with Crippen molar-refractivity contribution in [3.63, 3.8) is 0 Å². The van der Waals surface area contributed by atoms with Crippen LogP contribution in [0, 0.1) is 0 Å². The average Bonchev–Trinajstić information content (AvgIpc) is 2.00. The summed E-state index contributed by atoms with van der Waals surface area (Å²) in [5.74, 6) is -0.351. The summed E-state index contributed by atoms with van der Waals surface area (Å²) >= 11 is 1.59. The second-order valence-corrected chi connectivity index (χ2v) is 3.82. The molecule has 0 saturated heterocycles. The Labute approximate surface area is 76.4 Å². The van der Waals surface area contributed by atoms with Crippen molar-refractivity contribution in [2.45, 2.75) is 30.0 Å². The Balaban J connectivity index is 3.58. The van der Waals surface area contributed by atoms with Gasteiger partial charge in [0, 0.05) is 0 Å². The minimum absolute atomic E-state index is 0.351. The van der Waals surface area contributed by atoms with Crippen molar-refractivity contribution in [3.8, 4) is 0 Å². The van der Waals surface area contributed by atoms with Gasteiger partial charge in [0.2, 0.25) is 0 Å². The molecular formula is C7H15O2Sn. The van der Waals surface area contributed by atoms with Gasteiger partial charge in [-0.15, -0.1) is 0 Å². The van der Waals surface area contributed by atoms with Gasteiger partial charge in [-0.25, -0.2) is 0 Å². The SMILES string of the molecule is COC(C)(CC[CH2][Sn])OC. The molecule has 0 fully saturated rings. The summed E-state index contributed by atoms with van der Waals surface area (Å²) in [6, 6.07) is 0. The van der Waals surface area contributed by atoms with E-state index in [1.54, 1.807) is 36.7 Å². The van der Waals surface area contributed by atoms with Gasteiger partial charge < -0.3 is 0 Å². The monoisotopic (exact) mass is 251 g/mol. The molecule has 0 bridgehead atoms. The molecule has 3 heteroatoms. The van der Waals surface area contributed by atoms with Crippen LogP contribution in [0.4, 0.5) is 0 Å². The summed E-state index contributed by atoms with van der Waals surface area (Å²) in [4.78, 5) is 0. The first-order valence-electron chi connectivity index (χ1n) is 3.43. The average molecular weight is 250 g/mol. The van der Waals surface area contributed by atoms with Crippen LogP contribution in [0.15, 0.2) is 0 Å². The van der Waals surface area contributed by atoms with Crippen LogP contribution < -0.4 is 0 Å². The molecule has 59 valence electrons. The first kappa shape index (κ1) is 10.7. The summed E-state index contributed by atoms with van der Waals surface area (Å²) in [5, 5.41) is 0. The molecule has 0 aromatic carbocycles. The van der Waals surface area contributed by atoms with Crippen molar-refractivity contribution < 1.29 is 9.47 Å². The van der Waals surface area contributed by atoms with Crippen molar-refractivity contribution in [1.29, 1.82) is 0 Å². The number of rotatable bonds is 5. The third-order valence-corrected chi connectivity index (χ3v) is 2.68. The van der Waals surface area contributed by atoms with Crippen molar-refractivity contribution in [3.05, 3.63) is 0 Å². The molecule has 0 N–H and O–H groups in total. The Morgan fingerprint density at radius 2 is 1.80 bits per heavy atom. The fraction of sp³-hybridized carbons (Fsp3) is 1.00. The topological polar surface area (TPSA) is 18.5 Å². The molecule has 0 unspecified atom stereocenters. The molecule has 0 aliphatic heterocycles. The number of methoxy groups -OCH3 is 2. The van der Waals surface area contributed by atoms with E-state index in [1.807, 2.05) is 6.92 Å². The zero-order valence-corrected chi connectivity index (χ0v) is 9.79. The van der Waals surface area contributed by atoms with Crippen LogP contribution in [0.3, 0.4) is 0 Å². The van der Waals surface area contributed by atoms with E-state index in [0.717, 1.165) is 6.42 Å². The summed E-state index contributed by atoms with van der Waals surface area (Å²) in [6.07, 6.45) is 2.18. The summed E-state index contributed by atoms with van der Waals surface area (Å²) < 4.78 is 11.6. The molecule has 0 heterocycles. The van der Waals surface area contributed by atoms with Gasteiger partial charge in [0.25, 0.3) is 0 Å². The maximum absolute atomic E-state index is 5.18. The Bertz CT molecular complexity index is 81.7. The molecule has 0 aliphatic carbocycles. The van der Waals surface area contributed by atoms with Gasteiger partial charge in [-0.1, -0.05) is 0 Å². The first-order valence-corrected chi connectivity index (χ1v) is 5.45. The van der Waals surface area contributed by atoms with E-state index in [2.05, 4.69) is 0 Å². The van der Waals surface area contributed by atoms with E-state index in [1.165, 1.54) is 10.9 Å². The van der Waals surface area contributed by atoms with E-state index >= 15 is 0 Å². The minimum atomic E-state index is -0.351. The molecule has 0 saturated carbocycles. The van der Waals surface area contributed by atoms with E-state index in [9.17, 15) is 0 Å².